The van der Waals surface area contributed by atoms with Gasteiger partial charge in [0.15, 0.2) is 0 Å². The molecule has 0 aliphatic carbocycles. The van der Waals surface area contributed by atoms with Gasteiger partial charge in [-0.1, -0.05) is 13.8 Å². The van der Waals surface area contributed by atoms with Gasteiger partial charge in [-0.25, -0.2) is 8.78 Å². The number of rotatable bonds is 2. The lowest BCUT2D eigenvalue weighted by molar-refractivity contribution is 0.0536. The van der Waals surface area contributed by atoms with Gasteiger partial charge < -0.3 is 0 Å². The van der Waals surface area contributed by atoms with Crippen LogP contribution in [0.2, 0.25) is 0 Å². The van der Waals surface area contributed by atoms with Crippen LogP contribution in [0.25, 0.3) is 0 Å². The van der Waals surface area contributed by atoms with Gasteiger partial charge in [0.05, 0.1) is 6.54 Å². The Bertz CT molecular complexity index is 138. The summed E-state index contributed by atoms with van der Waals surface area (Å²) >= 11 is 0. The van der Waals surface area contributed by atoms with Crippen LogP contribution in [0.3, 0.4) is 0 Å². The standard InChI is InChI=1S/C9H17F2N/c1-7-3-4-12(5-8(7)2)6-9(10)11/h7-9H,3-6H2,1-2H3. The number of hydrogen-bond acceptors (Lipinski definition) is 1. The molecule has 0 bridgehead atoms. The summed E-state index contributed by atoms with van der Waals surface area (Å²) in [5.74, 6) is 1.26. The highest BCUT2D eigenvalue weighted by atomic mass is 19.3. The second kappa shape index (κ2) is 4.17. The van der Waals surface area contributed by atoms with Crippen molar-refractivity contribution in [2.24, 2.45) is 11.8 Å². The van der Waals surface area contributed by atoms with Gasteiger partial charge in [0.2, 0.25) is 0 Å². The van der Waals surface area contributed by atoms with Crippen molar-refractivity contribution in [2.75, 3.05) is 19.6 Å². The molecule has 3 heteroatoms. The van der Waals surface area contributed by atoms with Crippen molar-refractivity contribution in [3.63, 3.8) is 0 Å². The van der Waals surface area contributed by atoms with Crippen LogP contribution < -0.4 is 0 Å². The predicted octanol–water partition coefficient (Wildman–Crippen LogP) is 2.23. The van der Waals surface area contributed by atoms with E-state index in [0.717, 1.165) is 19.5 Å². The van der Waals surface area contributed by atoms with Gasteiger partial charge in [0.1, 0.15) is 0 Å². The highest BCUT2D eigenvalue weighted by Gasteiger charge is 2.23. The Hall–Kier alpha value is -0.180. The summed E-state index contributed by atoms with van der Waals surface area (Å²) in [6.45, 7) is 5.98. The lowest BCUT2D eigenvalue weighted by Gasteiger charge is -2.34. The molecule has 0 radical (unpaired) electrons. The molecule has 0 N–H and O–H groups in total. The van der Waals surface area contributed by atoms with Crippen molar-refractivity contribution >= 4 is 0 Å². The molecule has 1 aliphatic rings. The summed E-state index contributed by atoms with van der Waals surface area (Å²) in [4.78, 5) is 1.87. The van der Waals surface area contributed by atoms with Crippen LogP contribution in [-0.2, 0) is 0 Å². The molecule has 1 nitrogen and oxygen atoms in total. The van der Waals surface area contributed by atoms with E-state index in [-0.39, 0.29) is 6.54 Å². The fraction of sp³-hybridized carbons (Fsp3) is 1.00. The monoisotopic (exact) mass is 177 g/mol. The minimum atomic E-state index is -2.18. The Balaban J connectivity index is 2.30. The number of piperidine rings is 1. The fourth-order valence-electron chi connectivity index (χ4n) is 1.71. The van der Waals surface area contributed by atoms with E-state index in [1.165, 1.54) is 0 Å². The summed E-state index contributed by atoms with van der Waals surface area (Å²) in [5.41, 5.74) is 0. The maximum Gasteiger partial charge on any atom is 0.251 e. The van der Waals surface area contributed by atoms with Crippen molar-refractivity contribution in [2.45, 2.75) is 26.7 Å². The molecule has 1 rings (SSSR count). The Morgan fingerprint density at radius 2 is 2.00 bits per heavy atom. The topological polar surface area (TPSA) is 3.24 Å². The first-order valence-electron chi connectivity index (χ1n) is 4.60. The van der Waals surface area contributed by atoms with Gasteiger partial charge in [-0.15, -0.1) is 0 Å². The van der Waals surface area contributed by atoms with E-state index < -0.39 is 6.43 Å². The fourth-order valence-corrected chi connectivity index (χ4v) is 1.71. The second-order valence-electron chi connectivity index (χ2n) is 3.89. The molecule has 1 heterocycles. The summed E-state index contributed by atoms with van der Waals surface area (Å²) in [7, 11) is 0. The first-order chi connectivity index (χ1) is 5.59. The van der Waals surface area contributed by atoms with E-state index in [0.29, 0.717) is 11.8 Å². The average molecular weight is 177 g/mol. The van der Waals surface area contributed by atoms with E-state index in [4.69, 9.17) is 0 Å². The van der Waals surface area contributed by atoms with Gasteiger partial charge in [-0.05, 0) is 24.8 Å². The molecule has 2 atom stereocenters. The maximum atomic E-state index is 12.0. The number of hydrogen-bond donors (Lipinski definition) is 0. The van der Waals surface area contributed by atoms with Crippen LogP contribution in [0.5, 0.6) is 0 Å². The minimum Gasteiger partial charge on any atom is -0.297 e. The third kappa shape index (κ3) is 2.70. The van der Waals surface area contributed by atoms with Gasteiger partial charge in [0.25, 0.3) is 6.43 Å². The van der Waals surface area contributed by atoms with Gasteiger partial charge >= 0.3 is 0 Å². The van der Waals surface area contributed by atoms with Crippen LogP contribution in [0.1, 0.15) is 20.3 Å². The Morgan fingerprint density at radius 3 is 2.50 bits per heavy atom. The zero-order valence-electron chi connectivity index (χ0n) is 7.76. The molecular formula is C9H17F2N. The molecule has 1 fully saturated rings. The van der Waals surface area contributed by atoms with Crippen molar-refractivity contribution in [1.82, 2.24) is 4.90 Å². The number of nitrogens with zero attached hydrogens (tertiary/aromatic N) is 1. The van der Waals surface area contributed by atoms with Crippen molar-refractivity contribution < 1.29 is 8.78 Å². The molecule has 1 aliphatic heterocycles. The molecule has 0 aromatic carbocycles. The average Bonchev–Trinajstić information content (AvgIpc) is 1.96. The summed E-state index contributed by atoms with van der Waals surface area (Å²) < 4.78 is 24.0. The SMILES string of the molecule is CC1CCN(CC(F)F)CC1C. The van der Waals surface area contributed by atoms with Crippen molar-refractivity contribution in [1.29, 1.82) is 0 Å². The molecule has 2 unspecified atom stereocenters. The molecular weight excluding hydrogens is 160 g/mol. The van der Waals surface area contributed by atoms with Crippen LogP contribution in [0.15, 0.2) is 0 Å². The molecule has 0 amide bonds. The number of likely N-dealkylation sites (tertiary alicyclic amines) is 1. The van der Waals surface area contributed by atoms with E-state index in [1.807, 2.05) is 4.90 Å². The maximum absolute atomic E-state index is 12.0. The van der Waals surface area contributed by atoms with Crippen LogP contribution in [0.4, 0.5) is 8.78 Å². The quantitative estimate of drug-likeness (QED) is 0.625. The Kier molecular flexibility index (Phi) is 3.44. The number of alkyl halides is 2. The van der Waals surface area contributed by atoms with Crippen LogP contribution in [0, 0.1) is 11.8 Å². The van der Waals surface area contributed by atoms with E-state index in [2.05, 4.69) is 13.8 Å². The molecule has 72 valence electrons. The Morgan fingerprint density at radius 1 is 1.33 bits per heavy atom. The first kappa shape index (κ1) is 9.90. The van der Waals surface area contributed by atoms with Gasteiger partial charge in [0, 0.05) is 6.54 Å². The summed E-state index contributed by atoms with van der Waals surface area (Å²) in [5, 5.41) is 0. The molecule has 0 aromatic heterocycles. The van der Waals surface area contributed by atoms with E-state index in [9.17, 15) is 8.78 Å². The molecule has 0 spiro atoms. The lowest BCUT2D eigenvalue weighted by atomic mass is 9.89. The van der Waals surface area contributed by atoms with Gasteiger partial charge in [-0.3, -0.25) is 4.90 Å². The molecule has 0 aromatic rings. The largest absolute Gasteiger partial charge is 0.297 e. The Labute approximate surface area is 72.7 Å². The minimum absolute atomic E-state index is 0.0446. The molecule has 12 heavy (non-hydrogen) atoms. The predicted molar refractivity (Wildman–Crippen MR) is 45.4 cm³/mol. The van der Waals surface area contributed by atoms with Crippen molar-refractivity contribution in [3.05, 3.63) is 0 Å². The summed E-state index contributed by atoms with van der Waals surface area (Å²) in [6, 6.07) is 0. The first-order valence-corrected chi connectivity index (χ1v) is 4.60. The van der Waals surface area contributed by atoms with Crippen LogP contribution >= 0.6 is 0 Å². The van der Waals surface area contributed by atoms with Crippen molar-refractivity contribution in [3.8, 4) is 0 Å². The second-order valence-corrected chi connectivity index (χ2v) is 3.89. The smallest absolute Gasteiger partial charge is 0.251 e. The zero-order valence-corrected chi connectivity index (χ0v) is 7.76. The third-order valence-corrected chi connectivity index (χ3v) is 2.81. The third-order valence-electron chi connectivity index (χ3n) is 2.81. The highest BCUT2D eigenvalue weighted by Crippen LogP contribution is 2.22. The van der Waals surface area contributed by atoms with E-state index in [1.54, 1.807) is 0 Å². The molecule has 1 saturated heterocycles. The lowest BCUT2D eigenvalue weighted by Crippen LogP contribution is -2.40. The zero-order chi connectivity index (χ0) is 9.14. The number of halogens is 2. The molecule has 0 saturated carbocycles. The summed E-state index contributed by atoms with van der Waals surface area (Å²) in [6.07, 6.45) is -1.11. The normalized spacial score (nSPS) is 32.8. The van der Waals surface area contributed by atoms with E-state index >= 15 is 0 Å². The van der Waals surface area contributed by atoms with Gasteiger partial charge in [-0.2, -0.15) is 0 Å². The highest BCUT2D eigenvalue weighted by molar-refractivity contribution is 4.75. The van der Waals surface area contributed by atoms with Crippen LogP contribution in [-0.4, -0.2) is 31.0 Å².